The maximum atomic E-state index is 11.0. The number of carbonyl (C=O) groups excluding carboxylic acids is 1. The molecule has 0 aromatic rings. The van der Waals surface area contributed by atoms with Crippen molar-refractivity contribution in [1.29, 1.82) is 0 Å². The molecule has 0 unspecified atom stereocenters. The molecule has 4 heteroatoms. The summed E-state index contributed by atoms with van der Waals surface area (Å²) in [5.41, 5.74) is 1.43. The van der Waals surface area contributed by atoms with E-state index >= 15 is 0 Å². The average molecular weight is 227 g/mol. The van der Waals surface area contributed by atoms with E-state index in [9.17, 15) is 9.59 Å². The Balaban J connectivity index is 0.000000325. The number of rotatable bonds is 0. The fraction of sp³-hybridized carbons (Fsp3) is 0.667. The highest BCUT2D eigenvalue weighted by molar-refractivity contribution is 5.91. The van der Waals surface area contributed by atoms with Gasteiger partial charge < -0.3 is 10.0 Å². The van der Waals surface area contributed by atoms with Gasteiger partial charge in [-0.15, -0.1) is 0 Å². The molecule has 1 aliphatic carbocycles. The summed E-state index contributed by atoms with van der Waals surface area (Å²) >= 11 is 0. The second kappa shape index (κ2) is 5.68. The van der Waals surface area contributed by atoms with Crippen LogP contribution in [0.25, 0.3) is 0 Å². The molecule has 92 valence electrons. The third-order valence-electron chi connectivity index (χ3n) is 2.20. The van der Waals surface area contributed by atoms with Crippen LogP contribution in [-0.4, -0.2) is 36.0 Å². The van der Waals surface area contributed by atoms with Gasteiger partial charge >= 0.3 is 6.09 Å². The molecule has 1 aliphatic rings. The summed E-state index contributed by atoms with van der Waals surface area (Å²) in [7, 11) is 2.95. The van der Waals surface area contributed by atoms with Gasteiger partial charge in [0.15, 0.2) is 5.78 Å². The molecule has 0 atom stereocenters. The van der Waals surface area contributed by atoms with Crippen LogP contribution < -0.4 is 0 Å². The number of carboxylic acid groups (broad SMARTS) is 1. The lowest BCUT2D eigenvalue weighted by atomic mass is 9.77. The van der Waals surface area contributed by atoms with Crippen molar-refractivity contribution < 1.29 is 14.7 Å². The monoisotopic (exact) mass is 227 g/mol. The lowest BCUT2D eigenvalue weighted by Crippen LogP contribution is -2.20. The quantitative estimate of drug-likeness (QED) is 0.692. The van der Waals surface area contributed by atoms with E-state index in [1.165, 1.54) is 19.7 Å². The average Bonchev–Trinajstić information content (AvgIpc) is 1.99. The Kier molecular flexibility index (Phi) is 5.21. The van der Waals surface area contributed by atoms with E-state index in [-0.39, 0.29) is 11.2 Å². The molecule has 0 saturated heterocycles. The lowest BCUT2D eigenvalue weighted by molar-refractivity contribution is -0.117. The first kappa shape index (κ1) is 14.7. The van der Waals surface area contributed by atoms with E-state index in [2.05, 4.69) is 13.8 Å². The van der Waals surface area contributed by atoms with Crippen molar-refractivity contribution >= 4 is 11.9 Å². The van der Waals surface area contributed by atoms with Gasteiger partial charge in [0.05, 0.1) is 0 Å². The Hall–Kier alpha value is -1.32. The molecule has 0 fully saturated rings. The predicted molar refractivity (Wildman–Crippen MR) is 63.5 cm³/mol. The summed E-state index contributed by atoms with van der Waals surface area (Å²) in [4.78, 5) is 21.7. The summed E-state index contributed by atoms with van der Waals surface area (Å²) in [5.74, 6) is 0.286. The van der Waals surface area contributed by atoms with Crippen LogP contribution in [0.15, 0.2) is 11.6 Å². The van der Waals surface area contributed by atoms with Crippen LogP contribution in [0.1, 0.15) is 33.6 Å². The van der Waals surface area contributed by atoms with Crippen molar-refractivity contribution in [3.8, 4) is 0 Å². The fourth-order valence-electron chi connectivity index (χ4n) is 1.67. The maximum Gasteiger partial charge on any atom is 0.406 e. The molecule has 16 heavy (non-hydrogen) atoms. The smallest absolute Gasteiger partial charge is 0.406 e. The van der Waals surface area contributed by atoms with E-state index in [1.807, 2.05) is 6.92 Å². The highest BCUT2D eigenvalue weighted by Gasteiger charge is 2.25. The Morgan fingerprint density at radius 2 is 1.81 bits per heavy atom. The molecule has 0 saturated carbocycles. The van der Waals surface area contributed by atoms with Gasteiger partial charge in [-0.25, -0.2) is 4.79 Å². The van der Waals surface area contributed by atoms with Gasteiger partial charge in [-0.1, -0.05) is 19.4 Å². The molecule has 0 bridgehead atoms. The van der Waals surface area contributed by atoms with Crippen LogP contribution >= 0.6 is 0 Å². The molecule has 0 aliphatic heterocycles. The molecular formula is C12H21NO3. The van der Waals surface area contributed by atoms with Crippen molar-refractivity contribution in [2.24, 2.45) is 5.41 Å². The highest BCUT2D eigenvalue weighted by atomic mass is 16.4. The third kappa shape index (κ3) is 6.22. The van der Waals surface area contributed by atoms with Crippen LogP contribution in [0.3, 0.4) is 0 Å². The van der Waals surface area contributed by atoms with Crippen LogP contribution in [0.4, 0.5) is 4.79 Å². The van der Waals surface area contributed by atoms with Crippen LogP contribution in [0.5, 0.6) is 0 Å². The zero-order chi connectivity index (χ0) is 12.9. The van der Waals surface area contributed by atoms with Gasteiger partial charge in [0.25, 0.3) is 0 Å². The van der Waals surface area contributed by atoms with E-state index < -0.39 is 6.09 Å². The number of carbonyl (C=O) groups is 2. The van der Waals surface area contributed by atoms with Gasteiger partial charge in [0, 0.05) is 20.5 Å². The topological polar surface area (TPSA) is 57.6 Å². The second-order valence-electron chi connectivity index (χ2n) is 5.15. The van der Waals surface area contributed by atoms with Crippen molar-refractivity contribution in [1.82, 2.24) is 4.90 Å². The first-order valence-corrected chi connectivity index (χ1v) is 5.24. The molecule has 0 radical (unpaired) electrons. The van der Waals surface area contributed by atoms with Crippen LogP contribution in [0.2, 0.25) is 0 Å². The summed E-state index contributed by atoms with van der Waals surface area (Å²) < 4.78 is 0. The van der Waals surface area contributed by atoms with Crippen molar-refractivity contribution in [3.05, 3.63) is 11.6 Å². The summed E-state index contributed by atoms with van der Waals surface area (Å²) in [6.45, 7) is 6.31. The van der Waals surface area contributed by atoms with Crippen LogP contribution in [-0.2, 0) is 4.79 Å². The van der Waals surface area contributed by atoms with Crippen LogP contribution in [0, 0.1) is 5.41 Å². The summed E-state index contributed by atoms with van der Waals surface area (Å²) in [5, 5.41) is 7.92. The zero-order valence-corrected chi connectivity index (χ0v) is 10.7. The Bertz CT molecular complexity index is 303. The summed E-state index contributed by atoms with van der Waals surface area (Å²) in [6.07, 6.45) is 2.64. The van der Waals surface area contributed by atoms with Gasteiger partial charge in [-0.2, -0.15) is 0 Å². The molecule has 1 N–H and O–H groups in total. The molecule has 4 nitrogen and oxygen atoms in total. The van der Waals surface area contributed by atoms with Gasteiger partial charge in [0.1, 0.15) is 0 Å². The fourth-order valence-corrected chi connectivity index (χ4v) is 1.67. The normalized spacial score (nSPS) is 18.1. The third-order valence-corrected chi connectivity index (χ3v) is 2.20. The van der Waals surface area contributed by atoms with Crippen molar-refractivity contribution in [3.63, 3.8) is 0 Å². The number of hydrogen-bond acceptors (Lipinski definition) is 2. The first-order valence-electron chi connectivity index (χ1n) is 5.24. The Labute approximate surface area is 96.9 Å². The SMILES string of the molecule is CC1=CC(=O)CC(C)(C)C1.CN(C)C(=O)O. The minimum Gasteiger partial charge on any atom is -0.465 e. The maximum absolute atomic E-state index is 11.0. The molecule has 0 heterocycles. The molecular weight excluding hydrogens is 206 g/mol. The zero-order valence-electron chi connectivity index (χ0n) is 10.7. The van der Waals surface area contributed by atoms with Gasteiger partial charge in [-0.05, 0) is 24.8 Å². The Morgan fingerprint density at radius 3 is 2.06 bits per heavy atom. The molecule has 1 rings (SSSR count). The number of allylic oxidation sites excluding steroid dienone is 2. The molecule has 0 aromatic carbocycles. The largest absolute Gasteiger partial charge is 0.465 e. The standard InChI is InChI=1S/C9H14O.C3H7NO2/c1-7-4-8(10)6-9(2,3)5-7;1-4(2)3(5)6/h4H,5-6H2,1-3H3;1-2H3,(H,5,6). The Morgan fingerprint density at radius 1 is 1.38 bits per heavy atom. The molecule has 1 amide bonds. The first-order chi connectivity index (χ1) is 7.14. The van der Waals surface area contributed by atoms with E-state index in [1.54, 1.807) is 6.08 Å². The molecule has 0 spiro atoms. The minimum atomic E-state index is -0.907. The second-order valence-corrected chi connectivity index (χ2v) is 5.15. The van der Waals surface area contributed by atoms with Gasteiger partial charge in [-0.3, -0.25) is 4.79 Å². The highest BCUT2D eigenvalue weighted by Crippen LogP contribution is 2.32. The summed E-state index contributed by atoms with van der Waals surface area (Å²) in [6, 6.07) is 0. The predicted octanol–water partition coefficient (Wildman–Crippen LogP) is 2.55. The van der Waals surface area contributed by atoms with Gasteiger partial charge in [0.2, 0.25) is 0 Å². The molecule has 0 aromatic heterocycles. The lowest BCUT2D eigenvalue weighted by Gasteiger charge is -2.27. The number of nitrogens with zero attached hydrogens (tertiary/aromatic N) is 1. The number of amides is 1. The van der Waals surface area contributed by atoms with E-state index in [4.69, 9.17) is 5.11 Å². The minimum absolute atomic E-state index is 0.204. The van der Waals surface area contributed by atoms with E-state index in [0.717, 1.165) is 11.3 Å². The number of ketones is 1. The van der Waals surface area contributed by atoms with Crippen molar-refractivity contribution in [2.45, 2.75) is 33.6 Å². The van der Waals surface area contributed by atoms with Crippen molar-refractivity contribution in [2.75, 3.05) is 14.1 Å². The number of hydrogen-bond donors (Lipinski definition) is 1. The van der Waals surface area contributed by atoms with E-state index in [0.29, 0.717) is 6.42 Å².